The van der Waals surface area contributed by atoms with E-state index in [0.29, 0.717) is 0 Å². The summed E-state index contributed by atoms with van der Waals surface area (Å²) in [5, 5.41) is 0. The van der Waals surface area contributed by atoms with E-state index < -0.39 is 0 Å². The van der Waals surface area contributed by atoms with Crippen molar-refractivity contribution in [1.82, 2.24) is 4.90 Å². The van der Waals surface area contributed by atoms with Gasteiger partial charge in [-0.15, -0.1) is 0 Å². The van der Waals surface area contributed by atoms with Crippen LogP contribution in [0.15, 0.2) is 18.2 Å². The monoisotopic (exact) mass is 285 g/mol. The Balaban J connectivity index is 1.77. The largest absolute Gasteiger partial charge is 0.300 e. The van der Waals surface area contributed by atoms with Crippen LogP contribution in [0.2, 0.25) is 0 Å². The zero-order valence-corrected chi connectivity index (χ0v) is 14.1. The first-order valence-electron chi connectivity index (χ1n) is 8.90. The molecule has 1 fully saturated rings. The topological polar surface area (TPSA) is 3.24 Å². The predicted octanol–water partition coefficient (Wildman–Crippen LogP) is 4.72. The molecule has 116 valence electrons. The number of benzene rings is 1. The van der Waals surface area contributed by atoms with Crippen LogP contribution in [0.3, 0.4) is 0 Å². The molecule has 0 radical (unpaired) electrons. The Morgan fingerprint density at radius 1 is 0.905 bits per heavy atom. The van der Waals surface area contributed by atoms with Gasteiger partial charge >= 0.3 is 0 Å². The molecule has 1 heteroatoms. The van der Waals surface area contributed by atoms with Crippen LogP contribution < -0.4 is 0 Å². The van der Waals surface area contributed by atoms with Gasteiger partial charge in [0.2, 0.25) is 0 Å². The smallest absolute Gasteiger partial charge is 0.00953 e. The lowest BCUT2D eigenvalue weighted by molar-refractivity contribution is 0.195. The molecule has 1 saturated carbocycles. The van der Waals surface area contributed by atoms with E-state index >= 15 is 0 Å². The van der Waals surface area contributed by atoms with Gasteiger partial charge in [0, 0.05) is 12.6 Å². The molecular formula is C20H31N. The van der Waals surface area contributed by atoms with Crippen molar-refractivity contribution < 1.29 is 0 Å². The van der Waals surface area contributed by atoms with E-state index in [0.717, 1.165) is 6.04 Å². The molecule has 0 bridgehead atoms. The predicted molar refractivity (Wildman–Crippen MR) is 91.0 cm³/mol. The van der Waals surface area contributed by atoms with Gasteiger partial charge in [0.1, 0.15) is 0 Å². The van der Waals surface area contributed by atoms with Gasteiger partial charge in [-0.05, 0) is 60.8 Å². The van der Waals surface area contributed by atoms with Gasteiger partial charge in [0.05, 0.1) is 0 Å². The first-order valence-corrected chi connectivity index (χ1v) is 8.90. The third-order valence-corrected chi connectivity index (χ3v) is 5.47. The molecular weight excluding hydrogens is 254 g/mol. The second-order valence-electron chi connectivity index (χ2n) is 8.06. The molecule has 0 saturated heterocycles. The van der Waals surface area contributed by atoms with Gasteiger partial charge in [-0.25, -0.2) is 0 Å². The summed E-state index contributed by atoms with van der Waals surface area (Å²) < 4.78 is 0. The minimum atomic E-state index is 0.266. The van der Waals surface area contributed by atoms with Gasteiger partial charge in [-0.3, -0.25) is 0 Å². The van der Waals surface area contributed by atoms with Crippen LogP contribution in [0.1, 0.15) is 69.6 Å². The average Bonchev–Trinajstić information content (AvgIpc) is 2.92. The average molecular weight is 285 g/mol. The highest BCUT2D eigenvalue weighted by atomic mass is 15.2. The van der Waals surface area contributed by atoms with E-state index in [2.05, 4.69) is 43.9 Å². The highest BCUT2D eigenvalue weighted by Crippen LogP contribution is 2.28. The van der Waals surface area contributed by atoms with Gasteiger partial charge in [-0.2, -0.15) is 0 Å². The standard InChI is InChI=1S/C20H31N/c1-20(2,3)18-11-10-16-7-6-13-21(14-12-17(16)15-18)19-8-4-5-9-19/h10-11,15,19H,4-9,12-14H2,1-3H3. The zero-order chi connectivity index (χ0) is 14.9. The van der Waals surface area contributed by atoms with Crippen molar-refractivity contribution in [3.05, 3.63) is 34.9 Å². The van der Waals surface area contributed by atoms with Crippen LogP contribution in [0, 0.1) is 0 Å². The van der Waals surface area contributed by atoms with Crippen molar-refractivity contribution in [2.45, 2.75) is 77.2 Å². The van der Waals surface area contributed by atoms with Crippen molar-refractivity contribution >= 4 is 0 Å². The molecule has 1 aliphatic carbocycles. The van der Waals surface area contributed by atoms with E-state index in [4.69, 9.17) is 0 Å². The molecule has 0 aromatic heterocycles. The number of hydrogen-bond acceptors (Lipinski definition) is 1. The quantitative estimate of drug-likeness (QED) is 0.722. The first kappa shape index (κ1) is 15.1. The highest BCUT2D eigenvalue weighted by Gasteiger charge is 2.24. The summed E-state index contributed by atoms with van der Waals surface area (Å²) in [6, 6.07) is 8.14. The Morgan fingerprint density at radius 2 is 1.67 bits per heavy atom. The Kier molecular flexibility index (Phi) is 4.40. The SMILES string of the molecule is CC(C)(C)c1ccc2c(c1)CCN(C1CCCC1)CCC2. The second-order valence-corrected chi connectivity index (χ2v) is 8.06. The molecule has 0 amide bonds. The molecule has 0 N–H and O–H groups in total. The van der Waals surface area contributed by atoms with Crippen LogP contribution >= 0.6 is 0 Å². The summed E-state index contributed by atoms with van der Waals surface area (Å²) in [7, 11) is 0. The molecule has 0 spiro atoms. The molecule has 1 aromatic rings. The van der Waals surface area contributed by atoms with Gasteiger partial charge < -0.3 is 4.90 Å². The minimum Gasteiger partial charge on any atom is -0.300 e. The van der Waals surface area contributed by atoms with Crippen LogP contribution in [0.5, 0.6) is 0 Å². The highest BCUT2D eigenvalue weighted by molar-refractivity contribution is 5.36. The summed E-state index contributed by atoms with van der Waals surface area (Å²) >= 11 is 0. The molecule has 0 atom stereocenters. The van der Waals surface area contributed by atoms with E-state index in [1.807, 2.05) is 0 Å². The maximum Gasteiger partial charge on any atom is 0.00953 e. The maximum absolute atomic E-state index is 2.79. The number of rotatable bonds is 1. The third-order valence-electron chi connectivity index (χ3n) is 5.47. The molecule has 21 heavy (non-hydrogen) atoms. The fourth-order valence-electron chi connectivity index (χ4n) is 4.05. The Labute approximate surface area is 130 Å². The van der Waals surface area contributed by atoms with Crippen molar-refractivity contribution in [1.29, 1.82) is 0 Å². The summed E-state index contributed by atoms with van der Waals surface area (Å²) in [6.45, 7) is 9.55. The van der Waals surface area contributed by atoms with Crippen LogP contribution in [0.4, 0.5) is 0 Å². The summed E-state index contributed by atoms with van der Waals surface area (Å²) in [4.78, 5) is 2.79. The van der Waals surface area contributed by atoms with E-state index in [9.17, 15) is 0 Å². The zero-order valence-electron chi connectivity index (χ0n) is 14.1. The molecule has 0 unspecified atom stereocenters. The second kappa shape index (κ2) is 6.12. The van der Waals surface area contributed by atoms with Crippen LogP contribution in [0.25, 0.3) is 0 Å². The Hall–Kier alpha value is -0.820. The van der Waals surface area contributed by atoms with E-state index in [-0.39, 0.29) is 5.41 Å². The molecule has 1 aliphatic heterocycles. The molecule has 2 aliphatic rings. The molecule has 3 rings (SSSR count). The summed E-state index contributed by atoms with van der Waals surface area (Å²) in [5.74, 6) is 0. The first-order chi connectivity index (χ1) is 10.0. The summed E-state index contributed by atoms with van der Waals surface area (Å²) in [6.07, 6.45) is 9.62. The Morgan fingerprint density at radius 3 is 2.38 bits per heavy atom. The molecule has 1 aromatic carbocycles. The minimum absolute atomic E-state index is 0.266. The summed E-state index contributed by atoms with van der Waals surface area (Å²) in [5.41, 5.74) is 4.98. The van der Waals surface area contributed by atoms with Crippen LogP contribution in [-0.4, -0.2) is 24.0 Å². The molecule has 1 nitrogen and oxygen atoms in total. The lowest BCUT2D eigenvalue weighted by atomic mass is 9.84. The Bertz CT molecular complexity index is 477. The number of fused-ring (bicyclic) bond motifs is 1. The maximum atomic E-state index is 2.79. The van der Waals surface area contributed by atoms with Crippen molar-refractivity contribution in [3.8, 4) is 0 Å². The van der Waals surface area contributed by atoms with Crippen molar-refractivity contribution in [3.63, 3.8) is 0 Å². The fraction of sp³-hybridized carbons (Fsp3) is 0.700. The number of nitrogens with zero attached hydrogens (tertiary/aromatic N) is 1. The third kappa shape index (κ3) is 3.51. The molecule has 1 heterocycles. The normalized spacial score (nSPS) is 21.9. The number of hydrogen-bond donors (Lipinski definition) is 0. The van der Waals surface area contributed by atoms with Crippen molar-refractivity contribution in [2.24, 2.45) is 0 Å². The number of aryl methyl sites for hydroxylation is 1. The van der Waals surface area contributed by atoms with Gasteiger partial charge in [-0.1, -0.05) is 51.8 Å². The van der Waals surface area contributed by atoms with Gasteiger partial charge in [0.15, 0.2) is 0 Å². The lowest BCUT2D eigenvalue weighted by Gasteiger charge is -2.31. The van der Waals surface area contributed by atoms with E-state index in [1.165, 1.54) is 63.6 Å². The fourth-order valence-corrected chi connectivity index (χ4v) is 4.05. The van der Waals surface area contributed by atoms with Gasteiger partial charge in [0.25, 0.3) is 0 Å². The van der Waals surface area contributed by atoms with Crippen LogP contribution in [-0.2, 0) is 18.3 Å². The van der Waals surface area contributed by atoms with E-state index in [1.54, 1.807) is 11.1 Å². The van der Waals surface area contributed by atoms with Crippen molar-refractivity contribution in [2.75, 3.05) is 13.1 Å². The lowest BCUT2D eigenvalue weighted by Crippen LogP contribution is -2.37.